The van der Waals surface area contributed by atoms with E-state index in [1.54, 1.807) is 42.3 Å². The van der Waals surface area contributed by atoms with Crippen molar-refractivity contribution in [1.82, 2.24) is 4.90 Å². The maximum atomic E-state index is 12.9. The van der Waals surface area contributed by atoms with Gasteiger partial charge in [-0.05, 0) is 29.3 Å². The predicted octanol–water partition coefficient (Wildman–Crippen LogP) is 2.23. The first-order chi connectivity index (χ1) is 12.9. The quantitative estimate of drug-likeness (QED) is 0.815. The van der Waals surface area contributed by atoms with Crippen LogP contribution in [0.3, 0.4) is 0 Å². The lowest BCUT2D eigenvalue weighted by atomic mass is 9.89. The molecule has 3 rings (SSSR count). The number of anilines is 1. The molecule has 2 N–H and O–H groups in total. The number of nitrogens with one attached hydrogen (secondary N) is 1. The van der Waals surface area contributed by atoms with Gasteiger partial charge in [-0.2, -0.15) is 0 Å². The SMILES string of the molecule is CN(Cc1ccc(OCC(=O)O)cc1)C(=O)C1CC(=O)Nc2ccccc21. The fourth-order valence-corrected chi connectivity index (χ4v) is 3.09. The van der Waals surface area contributed by atoms with Crippen molar-refractivity contribution in [3.63, 3.8) is 0 Å². The van der Waals surface area contributed by atoms with Crippen LogP contribution in [0.2, 0.25) is 0 Å². The highest BCUT2D eigenvalue weighted by Crippen LogP contribution is 2.33. The number of amides is 2. The van der Waals surface area contributed by atoms with Crippen molar-refractivity contribution >= 4 is 23.5 Å². The molecule has 1 aliphatic heterocycles. The third-order valence-electron chi connectivity index (χ3n) is 4.38. The van der Waals surface area contributed by atoms with E-state index in [2.05, 4.69) is 5.32 Å². The molecule has 2 amide bonds. The van der Waals surface area contributed by atoms with Crippen molar-refractivity contribution in [2.45, 2.75) is 18.9 Å². The Morgan fingerprint density at radius 1 is 1.19 bits per heavy atom. The lowest BCUT2D eigenvalue weighted by Gasteiger charge is -2.28. The van der Waals surface area contributed by atoms with E-state index >= 15 is 0 Å². The van der Waals surface area contributed by atoms with E-state index in [-0.39, 0.29) is 18.2 Å². The molecule has 0 saturated heterocycles. The van der Waals surface area contributed by atoms with Crippen molar-refractivity contribution in [3.05, 3.63) is 59.7 Å². The van der Waals surface area contributed by atoms with Crippen LogP contribution in [0.15, 0.2) is 48.5 Å². The first-order valence-corrected chi connectivity index (χ1v) is 8.51. The Kier molecular flexibility index (Phi) is 5.40. The van der Waals surface area contributed by atoms with E-state index in [4.69, 9.17) is 9.84 Å². The summed E-state index contributed by atoms with van der Waals surface area (Å²) in [5.74, 6) is -1.38. The fourth-order valence-electron chi connectivity index (χ4n) is 3.09. The second kappa shape index (κ2) is 7.90. The third-order valence-corrected chi connectivity index (χ3v) is 4.38. The minimum atomic E-state index is -1.04. The minimum Gasteiger partial charge on any atom is -0.482 e. The van der Waals surface area contributed by atoms with Gasteiger partial charge in [0.25, 0.3) is 0 Å². The molecule has 0 radical (unpaired) electrons. The van der Waals surface area contributed by atoms with Crippen LogP contribution < -0.4 is 10.1 Å². The second-order valence-electron chi connectivity index (χ2n) is 6.41. The summed E-state index contributed by atoms with van der Waals surface area (Å²) in [4.78, 5) is 37.0. The summed E-state index contributed by atoms with van der Waals surface area (Å²) < 4.78 is 5.10. The molecular formula is C20H20N2O5. The standard InChI is InChI=1S/C20H20N2O5/c1-22(11-13-6-8-14(9-7-13)27-12-19(24)25)20(26)16-10-18(23)21-17-5-3-2-4-15(16)17/h2-9,16H,10-12H2,1H3,(H,21,23)(H,24,25). The summed E-state index contributed by atoms with van der Waals surface area (Å²) in [5, 5.41) is 11.4. The lowest BCUT2D eigenvalue weighted by Crippen LogP contribution is -2.36. The first-order valence-electron chi connectivity index (χ1n) is 8.51. The maximum Gasteiger partial charge on any atom is 0.341 e. The molecule has 2 aromatic carbocycles. The number of benzene rings is 2. The van der Waals surface area contributed by atoms with Crippen LogP contribution in [-0.4, -0.2) is 41.4 Å². The summed E-state index contributed by atoms with van der Waals surface area (Å²) in [5.41, 5.74) is 2.38. The molecule has 1 aliphatic rings. The van der Waals surface area contributed by atoms with Gasteiger partial charge in [0.15, 0.2) is 6.61 Å². The van der Waals surface area contributed by atoms with Crippen LogP contribution in [0.1, 0.15) is 23.5 Å². The van der Waals surface area contributed by atoms with Crippen molar-refractivity contribution in [1.29, 1.82) is 0 Å². The lowest BCUT2D eigenvalue weighted by molar-refractivity contribution is -0.139. The first kappa shape index (κ1) is 18.4. The highest BCUT2D eigenvalue weighted by molar-refractivity contribution is 6.01. The van der Waals surface area contributed by atoms with Gasteiger partial charge in [0, 0.05) is 25.7 Å². The number of aliphatic carboxylic acids is 1. The second-order valence-corrected chi connectivity index (χ2v) is 6.41. The normalized spacial score (nSPS) is 15.4. The molecule has 27 heavy (non-hydrogen) atoms. The minimum absolute atomic E-state index is 0.122. The molecular weight excluding hydrogens is 348 g/mol. The molecule has 7 nitrogen and oxygen atoms in total. The molecule has 0 fully saturated rings. The Balaban J connectivity index is 1.67. The number of fused-ring (bicyclic) bond motifs is 1. The third kappa shape index (κ3) is 4.44. The summed E-state index contributed by atoms with van der Waals surface area (Å²) in [6, 6.07) is 14.2. The van der Waals surface area contributed by atoms with Crippen LogP contribution in [0, 0.1) is 0 Å². The number of carboxylic acids is 1. The Labute approximate surface area is 156 Å². The smallest absolute Gasteiger partial charge is 0.341 e. The molecule has 0 spiro atoms. The average Bonchev–Trinajstić information content (AvgIpc) is 2.66. The van der Waals surface area contributed by atoms with E-state index < -0.39 is 18.5 Å². The molecule has 0 saturated carbocycles. The Morgan fingerprint density at radius 2 is 1.89 bits per heavy atom. The number of para-hydroxylation sites is 1. The molecule has 2 aromatic rings. The van der Waals surface area contributed by atoms with Crippen LogP contribution in [-0.2, 0) is 20.9 Å². The van der Waals surface area contributed by atoms with Crippen LogP contribution in [0.5, 0.6) is 5.75 Å². The zero-order valence-electron chi connectivity index (χ0n) is 14.8. The van der Waals surface area contributed by atoms with E-state index in [1.165, 1.54) is 0 Å². The molecule has 1 unspecified atom stereocenters. The van der Waals surface area contributed by atoms with Gasteiger partial charge in [-0.25, -0.2) is 4.79 Å². The van der Waals surface area contributed by atoms with Gasteiger partial charge in [-0.15, -0.1) is 0 Å². The number of hydrogen-bond acceptors (Lipinski definition) is 4. The monoisotopic (exact) mass is 368 g/mol. The Hall–Kier alpha value is -3.35. The summed E-state index contributed by atoms with van der Waals surface area (Å²) in [6.45, 7) is -0.0286. The number of carbonyl (C=O) groups is 3. The molecule has 1 heterocycles. The van der Waals surface area contributed by atoms with Gasteiger partial charge in [0.1, 0.15) is 5.75 Å². The number of carbonyl (C=O) groups excluding carboxylic acids is 2. The summed E-state index contributed by atoms with van der Waals surface area (Å²) in [7, 11) is 1.70. The predicted molar refractivity (Wildman–Crippen MR) is 98.5 cm³/mol. The average molecular weight is 368 g/mol. The van der Waals surface area contributed by atoms with Crippen molar-refractivity contribution < 1.29 is 24.2 Å². The Bertz CT molecular complexity index is 863. The summed E-state index contributed by atoms with van der Waals surface area (Å²) in [6.07, 6.45) is 0.127. The zero-order chi connectivity index (χ0) is 19.4. The van der Waals surface area contributed by atoms with Crippen LogP contribution in [0.4, 0.5) is 5.69 Å². The molecule has 0 aromatic heterocycles. The topological polar surface area (TPSA) is 95.9 Å². The summed E-state index contributed by atoms with van der Waals surface area (Å²) >= 11 is 0. The van der Waals surface area contributed by atoms with Gasteiger partial charge in [-0.1, -0.05) is 30.3 Å². The molecule has 1 atom stereocenters. The number of hydrogen-bond donors (Lipinski definition) is 2. The Morgan fingerprint density at radius 3 is 2.59 bits per heavy atom. The van der Waals surface area contributed by atoms with Gasteiger partial charge in [0.05, 0.1) is 5.92 Å². The van der Waals surface area contributed by atoms with E-state index in [9.17, 15) is 14.4 Å². The van der Waals surface area contributed by atoms with Crippen molar-refractivity contribution in [2.24, 2.45) is 0 Å². The zero-order valence-corrected chi connectivity index (χ0v) is 14.8. The molecule has 0 aliphatic carbocycles. The van der Waals surface area contributed by atoms with Gasteiger partial charge < -0.3 is 20.1 Å². The number of carboxylic acid groups (broad SMARTS) is 1. The van der Waals surface area contributed by atoms with Crippen molar-refractivity contribution in [2.75, 3.05) is 19.0 Å². The number of nitrogens with zero attached hydrogens (tertiary/aromatic N) is 1. The number of likely N-dealkylation sites (N-methyl/N-ethyl adjacent to an activating group) is 1. The fraction of sp³-hybridized carbons (Fsp3) is 0.250. The van der Waals surface area contributed by atoms with Crippen LogP contribution in [0.25, 0.3) is 0 Å². The highest BCUT2D eigenvalue weighted by Gasteiger charge is 2.32. The number of rotatable bonds is 6. The van der Waals surface area contributed by atoms with Crippen molar-refractivity contribution in [3.8, 4) is 5.75 Å². The molecule has 140 valence electrons. The van der Waals surface area contributed by atoms with Gasteiger partial charge >= 0.3 is 5.97 Å². The highest BCUT2D eigenvalue weighted by atomic mass is 16.5. The van der Waals surface area contributed by atoms with Gasteiger partial charge in [0.2, 0.25) is 11.8 Å². The van der Waals surface area contributed by atoms with Crippen LogP contribution >= 0.6 is 0 Å². The number of ether oxygens (including phenoxy) is 1. The van der Waals surface area contributed by atoms with E-state index in [0.29, 0.717) is 18.0 Å². The molecule has 0 bridgehead atoms. The maximum absolute atomic E-state index is 12.9. The molecule has 7 heteroatoms. The van der Waals surface area contributed by atoms with E-state index in [1.807, 2.05) is 18.2 Å². The largest absolute Gasteiger partial charge is 0.482 e. The van der Waals surface area contributed by atoms with Gasteiger partial charge in [-0.3, -0.25) is 9.59 Å². The van der Waals surface area contributed by atoms with E-state index in [0.717, 1.165) is 11.1 Å².